The Bertz CT molecular complexity index is 924. The van der Waals surface area contributed by atoms with Gasteiger partial charge in [-0.1, -0.05) is 26.0 Å². The SMILES string of the molecule is Cc1c(OC(=O)C(C)C)ccc2c1O/C(=C\c1ccc(N(C)C)cc1)C2=O. The summed E-state index contributed by atoms with van der Waals surface area (Å²) in [5.74, 6) is 0.395. The zero-order valence-electron chi connectivity index (χ0n) is 16.2. The molecule has 2 aromatic carbocycles. The number of fused-ring (bicyclic) bond motifs is 1. The topological polar surface area (TPSA) is 55.8 Å². The van der Waals surface area contributed by atoms with E-state index in [1.807, 2.05) is 43.3 Å². The number of hydrogen-bond acceptors (Lipinski definition) is 5. The molecule has 3 rings (SSSR count). The van der Waals surface area contributed by atoms with Crippen molar-refractivity contribution in [2.75, 3.05) is 19.0 Å². The first-order valence-electron chi connectivity index (χ1n) is 8.85. The number of ether oxygens (including phenoxy) is 2. The molecule has 0 fully saturated rings. The predicted molar refractivity (Wildman–Crippen MR) is 105 cm³/mol. The Morgan fingerprint density at radius 1 is 1.11 bits per heavy atom. The third-order valence-electron chi connectivity index (χ3n) is 4.43. The second kappa shape index (κ2) is 7.27. The van der Waals surface area contributed by atoms with Crippen LogP contribution in [0.15, 0.2) is 42.2 Å². The maximum Gasteiger partial charge on any atom is 0.313 e. The first-order chi connectivity index (χ1) is 12.8. The lowest BCUT2D eigenvalue weighted by molar-refractivity contribution is -0.137. The van der Waals surface area contributed by atoms with Gasteiger partial charge in [0.15, 0.2) is 5.76 Å². The molecule has 2 aromatic rings. The molecule has 140 valence electrons. The average molecular weight is 365 g/mol. The van der Waals surface area contributed by atoms with Gasteiger partial charge in [0.1, 0.15) is 11.5 Å². The molecule has 0 aliphatic carbocycles. The first-order valence-corrected chi connectivity index (χ1v) is 8.85. The first kappa shape index (κ1) is 18.7. The number of ketones is 1. The van der Waals surface area contributed by atoms with Crippen molar-refractivity contribution in [3.63, 3.8) is 0 Å². The van der Waals surface area contributed by atoms with Crippen molar-refractivity contribution in [1.29, 1.82) is 0 Å². The van der Waals surface area contributed by atoms with Gasteiger partial charge in [0.05, 0.1) is 11.5 Å². The molecular weight excluding hydrogens is 342 g/mol. The van der Waals surface area contributed by atoms with Gasteiger partial charge >= 0.3 is 5.97 Å². The third-order valence-corrected chi connectivity index (χ3v) is 4.43. The Labute approximate surface area is 159 Å². The van der Waals surface area contributed by atoms with Crippen LogP contribution in [-0.4, -0.2) is 25.8 Å². The highest BCUT2D eigenvalue weighted by Crippen LogP contribution is 2.39. The number of esters is 1. The van der Waals surface area contributed by atoms with E-state index in [-0.39, 0.29) is 23.4 Å². The molecule has 0 amide bonds. The van der Waals surface area contributed by atoms with Gasteiger partial charge in [-0.2, -0.15) is 0 Å². The predicted octanol–water partition coefficient (Wildman–Crippen LogP) is 4.24. The van der Waals surface area contributed by atoms with Gasteiger partial charge in [0, 0.05) is 25.3 Å². The molecule has 1 heterocycles. The van der Waals surface area contributed by atoms with E-state index in [1.165, 1.54) is 0 Å². The van der Waals surface area contributed by atoms with E-state index in [0.29, 0.717) is 22.6 Å². The lowest BCUT2D eigenvalue weighted by Gasteiger charge is -2.12. The molecule has 5 heteroatoms. The van der Waals surface area contributed by atoms with Crippen LogP contribution in [-0.2, 0) is 4.79 Å². The van der Waals surface area contributed by atoms with E-state index >= 15 is 0 Å². The van der Waals surface area contributed by atoms with Crippen LogP contribution in [0, 0.1) is 12.8 Å². The van der Waals surface area contributed by atoms with Crippen molar-refractivity contribution in [3.8, 4) is 11.5 Å². The maximum atomic E-state index is 12.7. The summed E-state index contributed by atoms with van der Waals surface area (Å²) < 4.78 is 11.2. The Kier molecular flexibility index (Phi) is 5.04. The number of carbonyl (C=O) groups excluding carboxylic acids is 2. The maximum absolute atomic E-state index is 12.7. The Balaban J connectivity index is 1.88. The molecule has 0 radical (unpaired) electrons. The molecule has 5 nitrogen and oxygen atoms in total. The Morgan fingerprint density at radius 2 is 1.78 bits per heavy atom. The number of rotatable bonds is 4. The summed E-state index contributed by atoms with van der Waals surface area (Å²) in [6, 6.07) is 11.1. The average Bonchev–Trinajstić information content (AvgIpc) is 2.94. The zero-order chi connectivity index (χ0) is 19.7. The van der Waals surface area contributed by atoms with E-state index in [1.54, 1.807) is 39.0 Å². The van der Waals surface area contributed by atoms with Crippen molar-refractivity contribution in [3.05, 3.63) is 58.8 Å². The molecule has 0 aromatic heterocycles. The summed E-state index contributed by atoms with van der Waals surface area (Å²) in [7, 11) is 3.94. The van der Waals surface area contributed by atoms with E-state index in [9.17, 15) is 9.59 Å². The Hall–Kier alpha value is -3.08. The summed E-state index contributed by atoms with van der Waals surface area (Å²) in [4.78, 5) is 26.5. The summed E-state index contributed by atoms with van der Waals surface area (Å²) in [6.07, 6.45) is 1.72. The highest BCUT2D eigenvalue weighted by molar-refractivity contribution is 6.15. The molecule has 0 N–H and O–H groups in total. The van der Waals surface area contributed by atoms with Crippen molar-refractivity contribution in [2.24, 2.45) is 5.92 Å². The van der Waals surface area contributed by atoms with Gasteiger partial charge in [-0.3, -0.25) is 9.59 Å². The number of nitrogens with zero attached hydrogens (tertiary/aromatic N) is 1. The normalized spacial score (nSPS) is 14.3. The fraction of sp³-hybridized carbons (Fsp3) is 0.273. The monoisotopic (exact) mass is 365 g/mol. The molecular formula is C22H23NO4. The van der Waals surface area contributed by atoms with Gasteiger partial charge in [0.2, 0.25) is 5.78 Å². The lowest BCUT2D eigenvalue weighted by Crippen LogP contribution is -2.15. The zero-order valence-corrected chi connectivity index (χ0v) is 16.2. The summed E-state index contributed by atoms with van der Waals surface area (Å²) in [5, 5.41) is 0. The highest BCUT2D eigenvalue weighted by atomic mass is 16.5. The molecule has 0 saturated carbocycles. The van der Waals surface area contributed by atoms with Crippen LogP contribution < -0.4 is 14.4 Å². The van der Waals surface area contributed by atoms with E-state index in [2.05, 4.69) is 0 Å². The summed E-state index contributed by atoms with van der Waals surface area (Å²) in [6.45, 7) is 5.32. The standard InChI is InChI=1S/C22H23NO4/c1-13(2)22(25)27-18-11-10-17-20(24)19(26-21(17)14(18)3)12-15-6-8-16(9-7-15)23(4)5/h6-13H,1-5H3/b19-12-. The van der Waals surface area contributed by atoms with Crippen LogP contribution in [0.4, 0.5) is 5.69 Å². The van der Waals surface area contributed by atoms with Crippen molar-refractivity contribution < 1.29 is 19.1 Å². The van der Waals surface area contributed by atoms with Crippen LogP contribution in [0.1, 0.15) is 35.3 Å². The van der Waals surface area contributed by atoms with Crippen LogP contribution in [0.25, 0.3) is 6.08 Å². The molecule has 0 atom stereocenters. The van der Waals surface area contributed by atoms with Gasteiger partial charge in [0.25, 0.3) is 0 Å². The number of carbonyl (C=O) groups is 2. The smallest absolute Gasteiger partial charge is 0.313 e. The number of anilines is 1. The van der Waals surface area contributed by atoms with Crippen molar-refractivity contribution >= 4 is 23.5 Å². The van der Waals surface area contributed by atoms with Crippen molar-refractivity contribution in [2.45, 2.75) is 20.8 Å². The largest absolute Gasteiger partial charge is 0.452 e. The third kappa shape index (κ3) is 3.72. The summed E-state index contributed by atoms with van der Waals surface area (Å²) >= 11 is 0. The minimum atomic E-state index is -0.320. The quantitative estimate of drug-likeness (QED) is 0.461. The van der Waals surface area contributed by atoms with E-state index < -0.39 is 0 Å². The minimum absolute atomic E-state index is 0.175. The van der Waals surface area contributed by atoms with Crippen LogP contribution in [0.5, 0.6) is 11.5 Å². The Morgan fingerprint density at radius 3 is 2.37 bits per heavy atom. The summed E-state index contributed by atoms with van der Waals surface area (Å²) in [5.41, 5.74) is 3.07. The molecule has 0 unspecified atom stereocenters. The second-order valence-corrected chi connectivity index (χ2v) is 7.07. The lowest BCUT2D eigenvalue weighted by atomic mass is 10.1. The van der Waals surface area contributed by atoms with Gasteiger partial charge in [-0.05, 0) is 42.8 Å². The number of allylic oxidation sites excluding steroid dienone is 1. The molecule has 1 aliphatic rings. The molecule has 27 heavy (non-hydrogen) atoms. The minimum Gasteiger partial charge on any atom is -0.452 e. The highest BCUT2D eigenvalue weighted by Gasteiger charge is 2.30. The van der Waals surface area contributed by atoms with E-state index in [0.717, 1.165) is 11.3 Å². The van der Waals surface area contributed by atoms with Crippen LogP contribution in [0.2, 0.25) is 0 Å². The molecule has 0 spiro atoms. The van der Waals surface area contributed by atoms with Crippen molar-refractivity contribution in [1.82, 2.24) is 0 Å². The number of benzene rings is 2. The molecule has 0 saturated heterocycles. The van der Waals surface area contributed by atoms with Crippen LogP contribution >= 0.6 is 0 Å². The number of hydrogen-bond donors (Lipinski definition) is 0. The fourth-order valence-corrected chi connectivity index (χ4v) is 2.72. The van der Waals surface area contributed by atoms with E-state index in [4.69, 9.17) is 9.47 Å². The fourth-order valence-electron chi connectivity index (χ4n) is 2.72. The van der Waals surface area contributed by atoms with Gasteiger partial charge in [-0.15, -0.1) is 0 Å². The van der Waals surface area contributed by atoms with Crippen LogP contribution in [0.3, 0.4) is 0 Å². The second-order valence-electron chi connectivity index (χ2n) is 7.07. The van der Waals surface area contributed by atoms with Gasteiger partial charge < -0.3 is 14.4 Å². The molecule has 0 bridgehead atoms. The molecule has 1 aliphatic heterocycles. The number of Topliss-reactive ketones (excluding diaryl/α,β-unsaturated/α-hetero) is 1. The van der Waals surface area contributed by atoms with Gasteiger partial charge in [-0.25, -0.2) is 0 Å².